The summed E-state index contributed by atoms with van der Waals surface area (Å²) in [7, 11) is 1.68. The molecule has 0 atom stereocenters. The van der Waals surface area contributed by atoms with Crippen LogP contribution in [0.3, 0.4) is 0 Å². The zero-order chi connectivity index (χ0) is 15.2. The van der Waals surface area contributed by atoms with Gasteiger partial charge in [0.05, 0.1) is 0 Å². The highest BCUT2D eigenvalue weighted by molar-refractivity contribution is 5.39. The van der Waals surface area contributed by atoms with E-state index in [-0.39, 0.29) is 18.2 Å². The fourth-order valence-electron chi connectivity index (χ4n) is 1.59. The number of hydrogen-bond acceptors (Lipinski definition) is 5. The predicted octanol–water partition coefficient (Wildman–Crippen LogP) is 3.13. The third kappa shape index (κ3) is 3.85. The number of halogens is 2. The fraction of sp³-hybridized carbons (Fsp3) is 0.286. The van der Waals surface area contributed by atoms with E-state index >= 15 is 0 Å². The summed E-state index contributed by atoms with van der Waals surface area (Å²) in [6, 6.07) is 5.18. The summed E-state index contributed by atoms with van der Waals surface area (Å²) in [4.78, 5) is 8.27. The average Bonchev–Trinajstić information content (AvgIpc) is 2.49. The molecule has 0 bridgehead atoms. The smallest absolute Gasteiger partial charge is 0.224 e. The Labute approximate surface area is 120 Å². The maximum Gasteiger partial charge on any atom is 0.224 e. The van der Waals surface area contributed by atoms with Gasteiger partial charge in [0.2, 0.25) is 11.7 Å². The molecule has 0 aliphatic rings. The van der Waals surface area contributed by atoms with Crippen molar-refractivity contribution in [3.05, 3.63) is 41.7 Å². The van der Waals surface area contributed by atoms with Crippen molar-refractivity contribution in [3.63, 3.8) is 0 Å². The normalized spacial score (nSPS) is 10.5. The van der Waals surface area contributed by atoms with Gasteiger partial charge in [-0.1, -0.05) is 6.07 Å². The third-order valence-electron chi connectivity index (χ3n) is 2.57. The van der Waals surface area contributed by atoms with E-state index in [0.29, 0.717) is 18.2 Å². The summed E-state index contributed by atoms with van der Waals surface area (Å²) in [6.07, 6.45) is 0. The first-order chi connectivity index (χ1) is 10.1. The van der Waals surface area contributed by atoms with E-state index in [9.17, 15) is 8.78 Å². The number of rotatable bonds is 6. The Morgan fingerprint density at radius 2 is 2.05 bits per heavy atom. The Morgan fingerprint density at radius 1 is 1.24 bits per heavy atom. The van der Waals surface area contributed by atoms with E-state index in [4.69, 9.17) is 9.47 Å². The highest BCUT2D eigenvalue weighted by Crippen LogP contribution is 2.25. The van der Waals surface area contributed by atoms with Crippen molar-refractivity contribution in [2.75, 3.05) is 19.0 Å². The molecule has 0 unspecified atom stereocenters. The Kier molecular flexibility index (Phi) is 4.99. The van der Waals surface area contributed by atoms with Crippen molar-refractivity contribution in [1.29, 1.82) is 0 Å². The minimum absolute atomic E-state index is 0.105. The second-order valence-corrected chi connectivity index (χ2v) is 4.05. The number of nitrogens with zero attached hydrogens (tertiary/aromatic N) is 2. The van der Waals surface area contributed by atoms with Gasteiger partial charge in [0.15, 0.2) is 17.4 Å². The van der Waals surface area contributed by atoms with Crippen LogP contribution in [-0.2, 0) is 11.3 Å². The third-order valence-corrected chi connectivity index (χ3v) is 2.57. The molecule has 0 spiro atoms. The molecule has 0 aliphatic carbocycles. The monoisotopic (exact) mass is 295 g/mol. The molecular weight excluding hydrogens is 280 g/mol. The molecule has 0 saturated heterocycles. The van der Waals surface area contributed by atoms with E-state index in [1.54, 1.807) is 7.05 Å². The van der Waals surface area contributed by atoms with Gasteiger partial charge in [0.1, 0.15) is 12.4 Å². The number of benzene rings is 1. The Morgan fingerprint density at radius 3 is 2.76 bits per heavy atom. The quantitative estimate of drug-likeness (QED) is 0.887. The van der Waals surface area contributed by atoms with Crippen LogP contribution in [0.1, 0.15) is 12.7 Å². The summed E-state index contributed by atoms with van der Waals surface area (Å²) in [5.74, 6) is -1.30. The molecule has 5 nitrogen and oxygen atoms in total. The molecule has 1 aromatic carbocycles. The number of hydrogen-bond donors (Lipinski definition) is 1. The van der Waals surface area contributed by atoms with Crippen LogP contribution in [0, 0.1) is 11.6 Å². The second-order valence-electron chi connectivity index (χ2n) is 4.05. The van der Waals surface area contributed by atoms with Crippen LogP contribution in [0.25, 0.3) is 0 Å². The SMILES string of the molecule is CCOCc1nc(NC)cc(Oc2cccc(F)c2F)n1. The number of anilines is 1. The van der Waals surface area contributed by atoms with Crippen LogP contribution < -0.4 is 10.1 Å². The molecule has 0 aliphatic heterocycles. The van der Waals surface area contributed by atoms with Gasteiger partial charge in [0, 0.05) is 19.7 Å². The molecule has 2 rings (SSSR count). The Balaban J connectivity index is 2.28. The van der Waals surface area contributed by atoms with Crippen LogP contribution in [0.2, 0.25) is 0 Å². The minimum atomic E-state index is -1.06. The van der Waals surface area contributed by atoms with Crippen LogP contribution in [-0.4, -0.2) is 23.6 Å². The molecule has 0 amide bonds. The summed E-state index contributed by atoms with van der Waals surface area (Å²) in [6.45, 7) is 2.57. The van der Waals surface area contributed by atoms with E-state index in [2.05, 4.69) is 15.3 Å². The maximum absolute atomic E-state index is 13.6. The molecular formula is C14H15F2N3O2. The van der Waals surface area contributed by atoms with Gasteiger partial charge in [-0.05, 0) is 19.1 Å². The molecule has 1 N–H and O–H groups in total. The topological polar surface area (TPSA) is 56.3 Å². The van der Waals surface area contributed by atoms with Gasteiger partial charge in [-0.2, -0.15) is 9.37 Å². The number of nitrogens with one attached hydrogen (secondary N) is 1. The first-order valence-electron chi connectivity index (χ1n) is 6.39. The highest BCUT2D eigenvalue weighted by Gasteiger charge is 2.12. The van der Waals surface area contributed by atoms with Crippen molar-refractivity contribution >= 4 is 5.82 Å². The van der Waals surface area contributed by atoms with Crippen molar-refractivity contribution in [1.82, 2.24) is 9.97 Å². The standard InChI is InChI=1S/C14H15F2N3O2/c1-3-20-8-12-18-11(17-2)7-13(19-12)21-10-6-4-5-9(15)14(10)16/h4-7H,3,8H2,1-2H3,(H,17,18,19). The molecule has 2 aromatic rings. The average molecular weight is 295 g/mol. The number of aromatic nitrogens is 2. The molecule has 112 valence electrons. The summed E-state index contributed by atoms with van der Waals surface area (Å²) < 4.78 is 37.3. The molecule has 7 heteroatoms. The van der Waals surface area contributed by atoms with E-state index in [1.165, 1.54) is 18.2 Å². The Bertz CT molecular complexity index is 623. The van der Waals surface area contributed by atoms with Crippen LogP contribution in [0.5, 0.6) is 11.6 Å². The molecule has 0 saturated carbocycles. The predicted molar refractivity (Wildman–Crippen MR) is 73.3 cm³/mol. The van der Waals surface area contributed by atoms with Gasteiger partial charge in [-0.25, -0.2) is 9.37 Å². The van der Waals surface area contributed by atoms with E-state index in [1.807, 2.05) is 6.92 Å². The van der Waals surface area contributed by atoms with Crippen molar-refractivity contribution in [3.8, 4) is 11.6 Å². The molecule has 21 heavy (non-hydrogen) atoms. The summed E-state index contributed by atoms with van der Waals surface area (Å²) >= 11 is 0. The van der Waals surface area contributed by atoms with Crippen molar-refractivity contribution < 1.29 is 18.3 Å². The number of ether oxygens (including phenoxy) is 2. The molecule has 1 aromatic heterocycles. The minimum Gasteiger partial charge on any atom is -0.436 e. The first-order valence-corrected chi connectivity index (χ1v) is 6.39. The zero-order valence-corrected chi connectivity index (χ0v) is 11.7. The lowest BCUT2D eigenvalue weighted by molar-refractivity contribution is 0.128. The first kappa shape index (κ1) is 15.1. The highest BCUT2D eigenvalue weighted by atomic mass is 19.2. The lowest BCUT2D eigenvalue weighted by Crippen LogP contribution is -2.04. The largest absolute Gasteiger partial charge is 0.436 e. The summed E-state index contributed by atoms with van der Waals surface area (Å²) in [5.41, 5.74) is 0. The van der Waals surface area contributed by atoms with E-state index in [0.717, 1.165) is 6.07 Å². The van der Waals surface area contributed by atoms with Crippen molar-refractivity contribution in [2.24, 2.45) is 0 Å². The Hall–Kier alpha value is -2.28. The lowest BCUT2D eigenvalue weighted by atomic mass is 10.3. The van der Waals surface area contributed by atoms with Crippen molar-refractivity contribution in [2.45, 2.75) is 13.5 Å². The van der Waals surface area contributed by atoms with E-state index < -0.39 is 11.6 Å². The molecule has 0 fully saturated rings. The molecule has 0 radical (unpaired) electrons. The van der Waals surface area contributed by atoms with Crippen LogP contribution in [0.4, 0.5) is 14.6 Å². The van der Waals surface area contributed by atoms with Gasteiger partial charge >= 0.3 is 0 Å². The fourth-order valence-corrected chi connectivity index (χ4v) is 1.59. The van der Waals surface area contributed by atoms with Gasteiger partial charge in [-0.15, -0.1) is 0 Å². The second kappa shape index (κ2) is 6.94. The van der Waals surface area contributed by atoms with Crippen LogP contribution in [0.15, 0.2) is 24.3 Å². The maximum atomic E-state index is 13.6. The lowest BCUT2D eigenvalue weighted by Gasteiger charge is -2.09. The van der Waals surface area contributed by atoms with Crippen LogP contribution >= 0.6 is 0 Å². The van der Waals surface area contributed by atoms with Gasteiger partial charge in [0.25, 0.3) is 0 Å². The van der Waals surface area contributed by atoms with Gasteiger partial charge in [-0.3, -0.25) is 0 Å². The zero-order valence-electron chi connectivity index (χ0n) is 11.7. The summed E-state index contributed by atoms with van der Waals surface area (Å²) in [5, 5.41) is 2.84. The van der Waals surface area contributed by atoms with Gasteiger partial charge < -0.3 is 14.8 Å². The molecule has 1 heterocycles.